The number of nitrogens with one attached hydrogen (secondary N) is 1. The normalized spacial score (nSPS) is 10.8. The fourth-order valence-electron chi connectivity index (χ4n) is 2.63. The predicted octanol–water partition coefficient (Wildman–Crippen LogP) is 3.43. The van der Waals surface area contributed by atoms with Crippen LogP contribution in [0.15, 0.2) is 88.9 Å². The molecule has 3 rings (SSSR count). The fraction of sp³-hybridized carbons (Fsp3) is 0.0952. The zero-order chi connectivity index (χ0) is 20.0. The van der Waals surface area contributed by atoms with Gasteiger partial charge in [0.25, 0.3) is 10.0 Å². The Morgan fingerprint density at radius 3 is 1.82 bits per heavy atom. The fourth-order valence-corrected chi connectivity index (χ4v) is 3.46. The maximum atomic E-state index is 12.8. The number of nitrogens with zero attached hydrogens (tertiary/aromatic N) is 1. The van der Waals surface area contributed by atoms with Crippen molar-refractivity contribution < 1.29 is 17.9 Å². The Bertz CT molecular complexity index is 1020. The molecule has 1 N–H and O–H groups in total. The molecule has 7 heteroatoms. The molecule has 144 valence electrons. The van der Waals surface area contributed by atoms with Crippen molar-refractivity contribution in [3.63, 3.8) is 0 Å². The number of benzene rings is 3. The van der Waals surface area contributed by atoms with Crippen LogP contribution in [0.3, 0.4) is 0 Å². The average molecular weight is 396 g/mol. The van der Waals surface area contributed by atoms with Gasteiger partial charge in [-0.25, -0.2) is 0 Å². The summed E-state index contributed by atoms with van der Waals surface area (Å²) in [5.74, 6) is 0.764. The summed E-state index contributed by atoms with van der Waals surface area (Å²) in [5, 5.41) is 4.22. The Balaban J connectivity index is 1.98. The number of ether oxygens (including phenoxy) is 2. The standard InChI is InChI=1S/C21H20N2O4S/c1-26-19-14-13-18(15-20(19)27-2)28(24,25)23-22-21(16-9-5-3-6-10-16)17-11-7-4-8-12-17/h3-15,23H,1-2H3. The topological polar surface area (TPSA) is 77.0 Å². The first kappa shape index (κ1) is 19.4. The molecule has 0 spiro atoms. The van der Waals surface area contributed by atoms with Gasteiger partial charge in [-0.3, -0.25) is 0 Å². The van der Waals surface area contributed by atoms with Gasteiger partial charge in [0.1, 0.15) is 0 Å². The van der Waals surface area contributed by atoms with Crippen LogP contribution < -0.4 is 14.3 Å². The summed E-state index contributed by atoms with van der Waals surface area (Å²) < 4.78 is 35.8. The van der Waals surface area contributed by atoms with Crippen LogP contribution in [0.25, 0.3) is 0 Å². The first-order valence-electron chi connectivity index (χ1n) is 8.47. The van der Waals surface area contributed by atoms with Crippen LogP contribution in [-0.4, -0.2) is 28.3 Å². The van der Waals surface area contributed by atoms with Gasteiger partial charge >= 0.3 is 0 Å². The third kappa shape index (κ3) is 4.32. The molecule has 0 aliphatic heterocycles. The quantitative estimate of drug-likeness (QED) is 0.490. The summed E-state index contributed by atoms with van der Waals surface area (Å²) in [5.41, 5.74) is 2.11. The molecule has 0 aromatic heterocycles. The lowest BCUT2D eigenvalue weighted by molar-refractivity contribution is 0.354. The van der Waals surface area contributed by atoms with Crippen molar-refractivity contribution >= 4 is 15.7 Å². The van der Waals surface area contributed by atoms with E-state index in [4.69, 9.17) is 9.47 Å². The van der Waals surface area contributed by atoms with E-state index >= 15 is 0 Å². The molecule has 0 aliphatic rings. The van der Waals surface area contributed by atoms with Crippen LogP contribution in [0, 0.1) is 0 Å². The minimum atomic E-state index is -3.90. The van der Waals surface area contributed by atoms with E-state index in [1.807, 2.05) is 60.7 Å². The Kier molecular flexibility index (Phi) is 5.96. The summed E-state index contributed by atoms with van der Waals surface area (Å²) in [6.07, 6.45) is 0. The van der Waals surface area contributed by atoms with E-state index in [-0.39, 0.29) is 4.90 Å². The molecule has 0 unspecified atom stereocenters. The van der Waals surface area contributed by atoms with Crippen molar-refractivity contribution in [3.8, 4) is 11.5 Å². The molecule has 3 aromatic carbocycles. The largest absolute Gasteiger partial charge is 0.493 e. The third-order valence-electron chi connectivity index (χ3n) is 4.04. The first-order chi connectivity index (χ1) is 13.5. The lowest BCUT2D eigenvalue weighted by atomic mass is 10.0. The molecular formula is C21H20N2O4S. The Labute approximate surface area is 164 Å². The second-order valence-electron chi connectivity index (χ2n) is 5.80. The second-order valence-corrected chi connectivity index (χ2v) is 7.46. The van der Waals surface area contributed by atoms with E-state index in [0.29, 0.717) is 17.2 Å². The average Bonchev–Trinajstić information content (AvgIpc) is 2.74. The van der Waals surface area contributed by atoms with Crippen molar-refractivity contribution in [3.05, 3.63) is 90.0 Å². The number of hydrogen-bond donors (Lipinski definition) is 1. The number of rotatable bonds is 7. The zero-order valence-electron chi connectivity index (χ0n) is 15.5. The van der Waals surface area contributed by atoms with E-state index in [9.17, 15) is 8.42 Å². The Morgan fingerprint density at radius 2 is 1.32 bits per heavy atom. The molecule has 0 saturated heterocycles. The summed E-state index contributed by atoms with van der Waals surface area (Å²) in [4.78, 5) is 2.35. The maximum Gasteiger partial charge on any atom is 0.276 e. The van der Waals surface area contributed by atoms with Gasteiger partial charge in [0.2, 0.25) is 0 Å². The van der Waals surface area contributed by atoms with Crippen LogP contribution in [-0.2, 0) is 10.0 Å². The number of methoxy groups -OCH3 is 2. The Hall–Kier alpha value is -3.32. The number of hydrogen-bond acceptors (Lipinski definition) is 5. The molecular weight excluding hydrogens is 376 g/mol. The van der Waals surface area contributed by atoms with E-state index in [1.54, 1.807) is 0 Å². The van der Waals surface area contributed by atoms with Crippen molar-refractivity contribution in [2.45, 2.75) is 4.90 Å². The van der Waals surface area contributed by atoms with Crippen LogP contribution in [0.4, 0.5) is 0 Å². The van der Waals surface area contributed by atoms with Gasteiger partial charge in [0, 0.05) is 17.2 Å². The molecule has 0 radical (unpaired) electrons. The highest BCUT2D eigenvalue weighted by atomic mass is 32.2. The summed E-state index contributed by atoms with van der Waals surface area (Å²) in [7, 11) is -0.968. The van der Waals surface area contributed by atoms with Gasteiger partial charge in [-0.1, -0.05) is 60.7 Å². The summed E-state index contributed by atoms with van der Waals surface area (Å²) in [6.45, 7) is 0. The monoisotopic (exact) mass is 396 g/mol. The highest BCUT2D eigenvalue weighted by molar-refractivity contribution is 7.89. The van der Waals surface area contributed by atoms with E-state index in [0.717, 1.165) is 11.1 Å². The minimum absolute atomic E-state index is 0.0226. The molecule has 0 heterocycles. The summed E-state index contributed by atoms with van der Waals surface area (Å²) in [6, 6.07) is 23.1. The lowest BCUT2D eigenvalue weighted by Gasteiger charge is -2.11. The lowest BCUT2D eigenvalue weighted by Crippen LogP contribution is -2.21. The van der Waals surface area contributed by atoms with Crippen molar-refractivity contribution in [1.29, 1.82) is 0 Å². The highest BCUT2D eigenvalue weighted by Gasteiger charge is 2.17. The molecule has 28 heavy (non-hydrogen) atoms. The third-order valence-corrected chi connectivity index (χ3v) is 5.24. The number of sulfonamides is 1. The molecule has 0 amide bonds. The van der Waals surface area contributed by atoms with Gasteiger partial charge in [-0.2, -0.15) is 18.4 Å². The first-order valence-corrected chi connectivity index (χ1v) is 9.96. The van der Waals surface area contributed by atoms with Gasteiger partial charge < -0.3 is 9.47 Å². The molecule has 0 atom stereocenters. The van der Waals surface area contributed by atoms with Gasteiger partial charge in [-0.15, -0.1) is 0 Å². The van der Waals surface area contributed by atoms with E-state index in [2.05, 4.69) is 9.93 Å². The smallest absolute Gasteiger partial charge is 0.276 e. The van der Waals surface area contributed by atoms with Crippen molar-refractivity contribution in [2.24, 2.45) is 5.10 Å². The molecule has 6 nitrogen and oxygen atoms in total. The molecule has 3 aromatic rings. The summed E-state index contributed by atoms with van der Waals surface area (Å²) >= 11 is 0. The molecule has 0 aliphatic carbocycles. The van der Waals surface area contributed by atoms with Crippen molar-refractivity contribution in [1.82, 2.24) is 4.83 Å². The predicted molar refractivity (Wildman–Crippen MR) is 108 cm³/mol. The highest BCUT2D eigenvalue weighted by Crippen LogP contribution is 2.29. The van der Waals surface area contributed by atoms with E-state index < -0.39 is 10.0 Å². The van der Waals surface area contributed by atoms with Gasteiger partial charge in [0.15, 0.2) is 11.5 Å². The second kappa shape index (κ2) is 8.58. The van der Waals surface area contributed by atoms with Crippen LogP contribution in [0.2, 0.25) is 0 Å². The SMILES string of the molecule is COc1ccc(S(=O)(=O)NN=C(c2ccccc2)c2ccccc2)cc1OC. The van der Waals surface area contributed by atoms with Crippen LogP contribution in [0.5, 0.6) is 11.5 Å². The molecule has 0 saturated carbocycles. The van der Waals surface area contributed by atoms with Gasteiger partial charge in [-0.05, 0) is 12.1 Å². The number of hydrazone groups is 1. The van der Waals surface area contributed by atoms with E-state index in [1.165, 1.54) is 32.4 Å². The molecule has 0 bridgehead atoms. The minimum Gasteiger partial charge on any atom is -0.493 e. The maximum absolute atomic E-state index is 12.8. The van der Waals surface area contributed by atoms with Gasteiger partial charge in [0.05, 0.1) is 24.8 Å². The zero-order valence-corrected chi connectivity index (χ0v) is 16.3. The Morgan fingerprint density at radius 1 is 0.786 bits per heavy atom. The van der Waals surface area contributed by atoms with Crippen LogP contribution in [0.1, 0.15) is 11.1 Å². The van der Waals surface area contributed by atoms with Crippen molar-refractivity contribution in [2.75, 3.05) is 14.2 Å². The van der Waals surface area contributed by atoms with Crippen LogP contribution >= 0.6 is 0 Å². The molecule has 0 fully saturated rings.